The Balaban J connectivity index is 1.78. The van der Waals surface area contributed by atoms with Gasteiger partial charge in [0.25, 0.3) is 5.91 Å². The van der Waals surface area contributed by atoms with Crippen LogP contribution in [0.4, 0.5) is 10.1 Å². The van der Waals surface area contributed by atoms with E-state index in [1.807, 2.05) is 39.0 Å². The Labute approximate surface area is 233 Å². The Bertz CT molecular complexity index is 1380. The quantitative estimate of drug-likeness (QED) is 0.265. The van der Waals surface area contributed by atoms with Crippen molar-refractivity contribution in [2.75, 3.05) is 25.7 Å². The molecule has 0 unspecified atom stereocenters. The van der Waals surface area contributed by atoms with E-state index in [4.69, 9.17) is 26.4 Å². The highest BCUT2D eigenvalue weighted by atomic mass is 32.2. The second-order valence-corrected chi connectivity index (χ2v) is 11.6. The first-order valence-corrected chi connectivity index (χ1v) is 13.4. The van der Waals surface area contributed by atoms with Crippen LogP contribution in [-0.2, 0) is 23.9 Å². The maximum Gasteiger partial charge on any atom is 0.346 e. The second kappa shape index (κ2) is 10.9. The molecule has 0 radical (unpaired) electrons. The van der Waals surface area contributed by atoms with Gasteiger partial charge in [0.2, 0.25) is 0 Å². The topological polar surface area (TPSA) is 82.1 Å². The molecule has 0 aliphatic carbocycles. The first kappa shape index (κ1) is 27.9. The maximum atomic E-state index is 13.5. The molecular formula is C27H24FNO6S3. The minimum absolute atomic E-state index is 0.118. The molecule has 2 aliphatic rings. The molecule has 0 fully saturated rings. The Hall–Kier alpha value is -3.15. The monoisotopic (exact) mass is 573 g/mol. The van der Waals surface area contributed by atoms with Crippen LogP contribution in [0.25, 0.3) is 5.57 Å². The fourth-order valence-electron chi connectivity index (χ4n) is 4.12. The van der Waals surface area contributed by atoms with Crippen molar-refractivity contribution in [3.05, 3.63) is 73.5 Å². The predicted octanol–water partition coefficient (Wildman–Crippen LogP) is 5.41. The van der Waals surface area contributed by atoms with E-state index in [0.29, 0.717) is 31.7 Å². The van der Waals surface area contributed by atoms with Gasteiger partial charge in [-0.05, 0) is 57.2 Å². The van der Waals surface area contributed by atoms with E-state index in [1.54, 1.807) is 4.90 Å². The Morgan fingerprint density at radius 1 is 0.974 bits per heavy atom. The molecule has 11 heteroatoms. The van der Waals surface area contributed by atoms with E-state index >= 15 is 0 Å². The normalized spacial score (nSPS) is 16.4. The van der Waals surface area contributed by atoms with Crippen LogP contribution in [0.1, 0.15) is 25.0 Å². The lowest BCUT2D eigenvalue weighted by Gasteiger charge is -2.45. The zero-order valence-corrected chi connectivity index (χ0v) is 23.7. The van der Waals surface area contributed by atoms with Crippen molar-refractivity contribution >= 4 is 69.7 Å². The summed E-state index contributed by atoms with van der Waals surface area (Å²) in [6.07, 6.45) is 0. The van der Waals surface area contributed by atoms with Crippen LogP contribution >= 0.6 is 35.7 Å². The number of methoxy groups -OCH3 is 2. The molecule has 0 N–H and O–H groups in total. The average molecular weight is 574 g/mol. The predicted molar refractivity (Wildman–Crippen MR) is 150 cm³/mol. The molecule has 38 heavy (non-hydrogen) atoms. The van der Waals surface area contributed by atoms with Gasteiger partial charge in [-0.15, -0.1) is 0 Å². The van der Waals surface area contributed by atoms with Crippen molar-refractivity contribution in [2.24, 2.45) is 0 Å². The molecule has 2 aromatic carbocycles. The number of carbonyl (C=O) groups excluding carboxylic acids is 3. The van der Waals surface area contributed by atoms with E-state index in [1.165, 1.54) is 38.5 Å². The number of benzene rings is 2. The van der Waals surface area contributed by atoms with Gasteiger partial charge in [0, 0.05) is 11.1 Å². The summed E-state index contributed by atoms with van der Waals surface area (Å²) >= 11 is 8.15. The number of anilines is 1. The third kappa shape index (κ3) is 5.10. The van der Waals surface area contributed by atoms with Gasteiger partial charge in [-0.1, -0.05) is 47.4 Å². The largest absolute Gasteiger partial charge is 0.484 e. The van der Waals surface area contributed by atoms with Gasteiger partial charge in [0.15, 0.2) is 6.61 Å². The minimum atomic E-state index is -0.969. The number of carbonyl (C=O) groups is 3. The summed E-state index contributed by atoms with van der Waals surface area (Å²) in [5, 5.41) is 0. The summed E-state index contributed by atoms with van der Waals surface area (Å²) in [7, 11) is 2.48. The van der Waals surface area contributed by atoms with Gasteiger partial charge < -0.3 is 14.2 Å². The number of ether oxygens (including phenoxy) is 3. The van der Waals surface area contributed by atoms with E-state index < -0.39 is 23.3 Å². The first-order chi connectivity index (χ1) is 18.0. The van der Waals surface area contributed by atoms with Crippen molar-refractivity contribution < 1.29 is 33.0 Å². The van der Waals surface area contributed by atoms with Crippen LogP contribution in [0.3, 0.4) is 0 Å². The second-order valence-electron chi connectivity index (χ2n) is 8.89. The molecule has 7 nitrogen and oxygen atoms in total. The summed E-state index contributed by atoms with van der Waals surface area (Å²) in [5.41, 5.74) is 1.92. The van der Waals surface area contributed by atoms with Gasteiger partial charge in [-0.25, -0.2) is 14.0 Å². The molecule has 0 atom stereocenters. The highest BCUT2D eigenvalue weighted by Gasteiger charge is 2.46. The van der Waals surface area contributed by atoms with Gasteiger partial charge in [0.05, 0.1) is 34.5 Å². The molecular weight excluding hydrogens is 549 g/mol. The Morgan fingerprint density at radius 2 is 1.55 bits per heavy atom. The Kier molecular flexibility index (Phi) is 8.01. The number of rotatable bonds is 5. The SMILES string of the molecule is COC(=O)C1=C(C(=O)OC)SC(=C2C(=S)C(C)(C)N(C(=O)COc3ccc(F)cc3)c3ccc(C)cc32)S1. The molecule has 1 amide bonds. The van der Waals surface area contributed by atoms with Crippen molar-refractivity contribution in [2.45, 2.75) is 26.3 Å². The van der Waals surface area contributed by atoms with Crippen LogP contribution in [-0.4, -0.2) is 49.1 Å². The zero-order valence-electron chi connectivity index (χ0n) is 21.2. The number of halogens is 1. The van der Waals surface area contributed by atoms with Gasteiger partial charge in [-0.2, -0.15) is 0 Å². The summed E-state index contributed by atoms with van der Waals surface area (Å²) in [6, 6.07) is 11.1. The summed E-state index contributed by atoms with van der Waals surface area (Å²) < 4.78 is 29.3. The van der Waals surface area contributed by atoms with Crippen LogP contribution in [0.2, 0.25) is 0 Å². The molecule has 2 aliphatic heterocycles. The van der Waals surface area contributed by atoms with Crippen molar-refractivity contribution in [3.8, 4) is 5.75 Å². The molecule has 2 aromatic rings. The van der Waals surface area contributed by atoms with Gasteiger partial charge in [-0.3, -0.25) is 9.69 Å². The van der Waals surface area contributed by atoms with Crippen LogP contribution in [0, 0.1) is 12.7 Å². The number of amides is 1. The molecule has 0 saturated heterocycles. The number of fused-ring (bicyclic) bond motifs is 1. The van der Waals surface area contributed by atoms with E-state index in [9.17, 15) is 18.8 Å². The molecule has 0 spiro atoms. The van der Waals surface area contributed by atoms with E-state index in [0.717, 1.165) is 29.1 Å². The fourth-order valence-corrected chi connectivity index (χ4v) is 7.15. The third-order valence-corrected chi connectivity index (χ3v) is 9.23. The summed E-state index contributed by atoms with van der Waals surface area (Å²) in [6.45, 7) is 5.28. The van der Waals surface area contributed by atoms with E-state index in [2.05, 4.69) is 0 Å². The lowest BCUT2D eigenvalue weighted by Crippen LogP contribution is -2.57. The van der Waals surface area contributed by atoms with Gasteiger partial charge in [0.1, 0.15) is 21.4 Å². The first-order valence-electron chi connectivity index (χ1n) is 11.4. The van der Waals surface area contributed by atoms with Crippen LogP contribution in [0.5, 0.6) is 5.75 Å². The zero-order chi connectivity index (χ0) is 27.8. The smallest absolute Gasteiger partial charge is 0.346 e. The molecule has 2 heterocycles. The van der Waals surface area contributed by atoms with Crippen molar-refractivity contribution in [1.82, 2.24) is 0 Å². The van der Waals surface area contributed by atoms with Crippen LogP contribution in [0.15, 0.2) is 56.5 Å². The number of thiocarbonyl (C=S) groups is 1. The number of nitrogens with zero attached hydrogens (tertiary/aromatic N) is 1. The standard InChI is InChI=1S/C27H24FNO6S3/c1-14-6-11-18-17(12-14)20(26-37-21(24(31)33-4)22(38-26)25(32)34-5)23(36)27(2,3)29(18)19(30)13-35-16-9-7-15(28)8-10-16/h6-12H,13H2,1-5H3. The number of hydrogen-bond acceptors (Lipinski definition) is 9. The average Bonchev–Trinajstić information content (AvgIpc) is 3.33. The number of aryl methyl sites for hydroxylation is 1. The highest BCUT2D eigenvalue weighted by molar-refractivity contribution is 8.29. The van der Waals surface area contributed by atoms with Crippen LogP contribution < -0.4 is 9.64 Å². The number of hydrogen-bond donors (Lipinski definition) is 0. The van der Waals surface area contributed by atoms with Crippen molar-refractivity contribution in [3.63, 3.8) is 0 Å². The lowest BCUT2D eigenvalue weighted by atomic mass is 9.82. The number of esters is 2. The molecule has 0 saturated carbocycles. The summed E-state index contributed by atoms with van der Waals surface area (Å²) in [5.74, 6) is -1.69. The minimum Gasteiger partial charge on any atom is -0.484 e. The number of thioether (sulfide) groups is 2. The van der Waals surface area contributed by atoms with Crippen molar-refractivity contribution in [1.29, 1.82) is 0 Å². The fraction of sp³-hybridized carbons (Fsp3) is 0.259. The summed E-state index contributed by atoms with van der Waals surface area (Å²) in [4.78, 5) is 40.8. The Morgan fingerprint density at radius 3 is 2.11 bits per heavy atom. The lowest BCUT2D eigenvalue weighted by molar-refractivity contribution is -0.138. The van der Waals surface area contributed by atoms with Gasteiger partial charge >= 0.3 is 11.9 Å². The highest BCUT2D eigenvalue weighted by Crippen LogP contribution is 2.56. The molecule has 4 rings (SSSR count). The van der Waals surface area contributed by atoms with E-state index in [-0.39, 0.29) is 22.3 Å². The molecule has 0 bridgehead atoms. The molecule has 0 aromatic heterocycles. The molecule has 198 valence electrons. The third-order valence-electron chi connectivity index (χ3n) is 5.97. The maximum absolute atomic E-state index is 13.5.